The Hall–Kier alpha value is -0.570. The lowest BCUT2D eigenvalue weighted by Gasteiger charge is -2.06. The van der Waals surface area contributed by atoms with Crippen molar-refractivity contribution in [1.29, 1.82) is 0 Å². The minimum atomic E-state index is -1.25. The van der Waals surface area contributed by atoms with E-state index in [1.807, 2.05) is 0 Å². The van der Waals surface area contributed by atoms with E-state index in [-0.39, 0.29) is 0 Å². The first-order chi connectivity index (χ1) is 5.54. The normalized spacial score (nSPS) is 13.1. The molecule has 0 heterocycles. The van der Waals surface area contributed by atoms with Gasteiger partial charge in [-0.15, -0.1) is 0 Å². The quantitative estimate of drug-likeness (QED) is 0.470. The Balaban J connectivity index is 3.26. The van der Waals surface area contributed by atoms with Crippen molar-refractivity contribution in [1.82, 2.24) is 0 Å². The molecule has 1 unspecified atom stereocenters. The van der Waals surface area contributed by atoms with Gasteiger partial charge in [-0.25, -0.2) is 9.90 Å². The van der Waals surface area contributed by atoms with E-state index in [0.29, 0.717) is 12.5 Å². The maximum absolute atomic E-state index is 10.7. The highest BCUT2D eigenvalue weighted by atomic mass is 16.5. The van der Waals surface area contributed by atoms with Crippen LogP contribution in [0.25, 0.3) is 0 Å². The fourth-order valence-electron chi connectivity index (χ4n) is 0.782. The van der Waals surface area contributed by atoms with Crippen LogP contribution in [0.4, 0.5) is 0 Å². The van der Waals surface area contributed by atoms with Gasteiger partial charge in [0.2, 0.25) is 0 Å². The number of ether oxygens (including phenoxy) is 1. The van der Waals surface area contributed by atoms with Crippen LogP contribution in [-0.4, -0.2) is 18.7 Å². The zero-order valence-corrected chi connectivity index (χ0v) is 8.00. The Morgan fingerprint density at radius 2 is 1.92 bits per heavy atom. The Labute approximate surface area is 73.7 Å². The number of rotatable bonds is 5. The highest BCUT2D eigenvalue weighted by Crippen LogP contribution is 2.03. The van der Waals surface area contributed by atoms with Crippen LogP contribution in [0.3, 0.4) is 0 Å². The van der Waals surface area contributed by atoms with Gasteiger partial charge in [-0.05, 0) is 25.7 Å². The van der Waals surface area contributed by atoms with Crippen molar-refractivity contribution >= 4 is 5.97 Å². The second-order valence-corrected chi connectivity index (χ2v) is 3.35. The van der Waals surface area contributed by atoms with Crippen LogP contribution in [0.5, 0.6) is 0 Å². The summed E-state index contributed by atoms with van der Waals surface area (Å²) in [5.74, 6) is -0.0212. The SMILES string of the molecule is CC(C)CCCOC(=O)C(C)[O]. The average molecular weight is 173 g/mol. The number of carbonyl (C=O) groups is 1. The zero-order valence-electron chi connectivity index (χ0n) is 8.00. The third kappa shape index (κ3) is 6.16. The summed E-state index contributed by atoms with van der Waals surface area (Å²) >= 11 is 0. The van der Waals surface area contributed by atoms with Crippen molar-refractivity contribution in [3.8, 4) is 0 Å². The Morgan fingerprint density at radius 1 is 1.33 bits per heavy atom. The molecular formula is C9H17O3. The molecule has 71 valence electrons. The molecule has 3 heteroatoms. The summed E-state index contributed by atoms with van der Waals surface area (Å²) in [5.41, 5.74) is 0. The van der Waals surface area contributed by atoms with Crippen LogP contribution < -0.4 is 0 Å². The fourth-order valence-corrected chi connectivity index (χ4v) is 0.782. The number of carbonyl (C=O) groups excluding carboxylic acids is 1. The van der Waals surface area contributed by atoms with Crippen molar-refractivity contribution in [2.45, 2.75) is 39.7 Å². The highest BCUT2D eigenvalue weighted by molar-refractivity contribution is 5.73. The maximum atomic E-state index is 10.7. The minimum Gasteiger partial charge on any atom is -0.464 e. The minimum absolute atomic E-state index is 0.379. The molecule has 0 rings (SSSR count). The lowest BCUT2D eigenvalue weighted by Crippen LogP contribution is -2.18. The molecular weight excluding hydrogens is 156 g/mol. The van der Waals surface area contributed by atoms with E-state index in [1.54, 1.807) is 0 Å². The van der Waals surface area contributed by atoms with E-state index < -0.39 is 12.1 Å². The van der Waals surface area contributed by atoms with E-state index in [4.69, 9.17) is 4.74 Å². The molecule has 0 N–H and O–H groups in total. The van der Waals surface area contributed by atoms with Crippen LogP contribution in [0, 0.1) is 5.92 Å². The molecule has 12 heavy (non-hydrogen) atoms. The molecule has 3 nitrogen and oxygen atoms in total. The predicted octanol–water partition coefficient (Wildman–Crippen LogP) is 1.78. The average Bonchev–Trinajstić information content (AvgIpc) is 1.97. The van der Waals surface area contributed by atoms with Gasteiger partial charge < -0.3 is 4.74 Å². The molecule has 0 aromatic heterocycles. The second kappa shape index (κ2) is 6.00. The van der Waals surface area contributed by atoms with Gasteiger partial charge >= 0.3 is 5.97 Å². The summed E-state index contributed by atoms with van der Waals surface area (Å²) in [5, 5.41) is 10.5. The van der Waals surface area contributed by atoms with Gasteiger partial charge in [0.1, 0.15) is 0 Å². The predicted molar refractivity (Wildman–Crippen MR) is 45.2 cm³/mol. The monoisotopic (exact) mass is 173 g/mol. The Morgan fingerprint density at radius 3 is 2.33 bits per heavy atom. The molecule has 0 amide bonds. The third-order valence-electron chi connectivity index (χ3n) is 1.50. The third-order valence-corrected chi connectivity index (χ3v) is 1.50. The van der Waals surface area contributed by atoms with Gasteiger partial charge in [-0.1, -0.05) is 13.8 Å². The molecule has 1 radical (unpaired) electrons. The molecule has 0 spiro atoms. The number of esters is 1. The van der Waals surface area contributed by atoms with Crippen LogP contribution in [-0.2, 0) is 14.6 Å². The highest BCUT2D eigenvalue weighted by Gasteiger charge is 2.11. The van der Waals surface area contributed by atoms with Crippen LogP contribution in [0.2, 0.25) is 0 Å². The fraction of sp³-hybridized carbons (Fsp3) is 0.889. The van der Waals surface area contributed by atoms with Crippen LogP contribution in [0.1, 0.15) is 33.6 Å². The van der Waals surface area contributed by atoms with Gasteiger partial charge in [0.25, 0.3) is 0 Å². The first-order valence-electron chi connectivity index (χ1n) is 4.36. The maximum Gasteiger partial charge on any atom is 0.338 e. The van der Waals surface area contributed by atoms with E-state index in [1.165, 1.54) is 6.92 Å². The van der Waals surface area contributed by atoms with Crippen LogP contribution >= 0.6 is 0 Å². The first-order valence-corrected chi connectivity index (χ1v) is 4.36. The molecule has 0 aliphatic heterocycles. The smallest absolute Gasteiger partial charge is 0.338 e. The lowest BCUT2D eigenvalue weighted by atomic mass is 10.1. The van der Waals surface area contributed by atoms with Gasteiger partial charge in [0, 0.05) is 0 Å². The molecule has 0 aliphatic carbocycles. The molecule has 0 saturated carbocycles. The first kappa shape index (κ1) is 11.4. The largest absolute Gasteiger partial charge is 0.464 e. The molecule has 0 saturated heterocycles. The topological polar surface area (TPSA) is 46.2 Å². The summed E-state index contributed by atoms with van der Waals surface area (Å²) in [6.07, 6.45) is 0.625. The van der Waals surface area contributed by atoms with E-state index in [2.05, 4.69) is 13.8 Å². The molecule has 1 atom stereocenters. The second-order valence-electron chi connectivity index (χ2n) is 3.35. The van der Waals surface area contributed by atoms with Crippen LogP contribution in [0.15, 0.2) is 0 Å². The van der Waals surface area contributed by atoms with Gasteiger partial charge in [0.15, 0.2) is 6.10 Å². The Bertz CT molecular complexity index is 130. The van der Waals surface area contributed by atoms with Crippen molar-refractivity contribution in [3.63, 3.8) is 0 Å². The molecule has 0 aliphatic rings. The summed E-state index contributed by atoms with van der Waals surface area (Å²) in [6, 6.07) is 0. The standard InChI is InChI=1S/C9H17O3/c1-7(2)5-4-6-12-9(11)8(3)10/h7-8H,4-6H2,1-3H3. The lowest BCUT2D eigenvalue weighted by molar-refractivity contribution is -0.156. The number of hydrogen-bond donors (Lipinski definition) is 0. The summed E-state index contributed by atoms with van der Waals surface area (Å²) in [6.45, 7) is 5.89. The van der Waals surface area contributed by atoms with Crippen molar-refractivity contribution < 1.29 is 14.6 Å². The van der Waals surface area contributed by atoms with Gasteiger partial charge in [0.05, 0.1) is 6.61 Å². The van der Waals surface area contributed by atoms with Crippen molar-refractivity contribution in [2.24, 2.45) is 5.92 Å². The zero-order chi connectivity index (χ0) is 9.56. The van der Waals surface area contributed by atoms with E-state index in [0.717, 1.165) is 12.8 Å². The molecule has 0 aromatic carbocycles. The summed E-state index contributed by atoms with van der Waals surface area (Å²) < 4.78 is 4.70. The summed E-state index contributed by atoms with van der Waals surface area (Å²) in [4.78, 5) is 10.7. The van der Waals surface area contributed by atoms with Crippen molar-refractivity contribution in [2.75, 3.05) is 6.61 Å². The van der Waals surface area contributed by atoms with E-state index in [9.17, 15) is 9.90 Å². The number of hydrogen-bond acceptors (Lipinski definition) is 2. The molecule has 0 bridgehead atoms. The van der Waals surface area contributed by atoms with E-state index >= 15 is 0 Å². The summed E-state index contributed by atoms with van der Waals surface area (Å²) in [7, 11) is 0. The van der Waals surface area contributed by atoms with Gasteiger partial charge in [-0.3, -0.25) is 0 Å². The molecule has 0 aromatic rings. The van der Waals surface area contributed by atoms with Crippen molar-refractivity contribution in [3.05, 3.63) is 0 Å². The Kier molecular flexibility index (Phi) is 5.72. The van der Waals surface area contributed by atoms with Gasteiger partial charge in [-0.2, -0.15) is 0 Å². The molecule has 0 fully saturated rings.